The van der Waals surface area contributed by atoms with Gasteiger partial charge in [0.2, 0.25) is 5.91 Å². The van der Waals surface area contributed by atoms with E-state index < -0.39 is 0 Å². The number of benzene rings is 1. The highest BCUT2D eigenvalue weighted by molar-refractivity contribution is 5.90. The molecule has 1 saturated carbocycles. The van der Waals surface area contributed by atoms with Gasteiger partial charge >= 0.3 is 0 Å². The van der Waals surface area contributed by atoms with Gasteiger partial charge in [0.05, 0.1) is 12.7 Å². The first kappa shape index (κ1) is 17.6. The van der Waals surface area contributed by atoms with E-state index in [1.807, 2.05) is 36.4 Å². The number of pyridine rings is 1. The van der Waals surface area contributed by atoms with Gasteiger partial charge in [0.1, 0.15) is 0 Å². The molecule has 1 aromatic carbocycles. The number of nitrogens with zero attached hydrogens (tertiary/aromatic N) is 1. The standard InChI is InChI=1S/C21H26N2O2/c24-21(12-11-17-7-5-13-22-15-17)23-19-8-4-6-18(14-19)16-25-20-9-2-1-3-10-20/h4-8,13-15,20H,1-3,9-12,16H2,(H,23,24). The molecular formula is C21H26N2O2. The summed E-state index contributed by atoms with van der Waals surface area (Å²) in [5.74, 6) is 0.0224. The number of nitrogens with one attached hydrogen (secondary N) is 1. The maximum atomic E-state index is 12.1. The highest BCUT2D eigenvalue weighted by Gasteiger charge is 2.13. The molecule has 0 unspecified atom stereocenters. The van der Waals surface area contributed by atoms with Gasteiger partial charge in [-0.15, -0.1) is 0 Å². The fourth-order valence-corrected chi connectivity index (χ4v) is 3.21. The predicted molar refractivity (Wildman–Crippen MR) is 99.3 cm³/mol. The molecule has 0 spiro atoms. The van der Waals surface area contributed by atoms with Crippen LogP contribution in [0.1, 0.15) is 49.7 Å². The lowest BCUT2D eigenvalue weighted by molar-refractivity contribution is -0.116. The molecule has 4 heteroatoms. The van der Waals surface area contributed by atoms with E-state index in [2.05, 4.69) is 10.3 Å². The van der Waals surface area contributed by atoms with Crippen LogP contribution in [0, 0.1) is 0 Å². The van der Waals surface area contributed by atoms with E-state index in [-0.39, 0.29) is 5.91 Å². The van der Waals surface area contributed by atoms with Crippen molar-refractivity contribution in [3.8, 4) is 0 Å². The summed E-state index contributed by atoms with van der Waals surface area (Å²) in [5.41, 5.74) is 3.02. The van der Waals surface area contributed by atoms with Crippen LogP contribution >= 0.6 is 0 Å². The fraction of sp³-hybridized carbons (Fsp3) is 0.429. The Bertz CT molecular complexity index is 667. The highest BCUT2D eigenvalue weighted by Crippen LogP contribution is 2.22. The van der Waals surface area contributed by atoms with E-state index in [9.17, 15) is 4.79 Å². The summed E-state index contributed by atoms with van der Waals surface area (Å²) < 4.78 is 6.01. The molecule has 1 heterocycles. The first-order valence-electron chi connectivity index (χ1n) is 9.19. The fourth-order valence-electron chi connectivity index (χ4n) is 3.21. The second-order valence-electron chi connectivity index (χ2n) is 6.68. The molecule has 25 heavy (non-hydrogen) atoms. The summed E-state index contributed by atoms with van der Waals surface area (Å²) >= 11 is 0. The number of aryl methyl sites for hydroxylation is 1. The van der Waals surface area contributed by atoms with Gasteiger partial charge in [0.25, 0.3) is 0 Å². The monoisotopic (exact) mass is 338 g/mol. The van der Waals surface area contributed by atoms with Crippen molar-refractivity contribution < 1.29 is 9.53 Å². The van der Waals surface area contributed by atoms with Crippen LogP contribution in [0.2, 0.25) is 0 Å². The van der Waals surface area contributed by atoms with Gasteiger partial charge in [0.15, 0.2) is 0 Å². The molecule has 0 radical (unpaired) electrons. The molecule has 0 atom stereocenters. The van der Waals surface area contributed by atoms with Crippen molar-refractivity contribution in [3.05, 3.63) is 59.9 Å². The molecule has 1 aliphatic rings. The first-order valence-corrected chi connectivity index (χ1v) is 9.19. The third-order valence-electron chi connectivity index (χ3n) is 4.61. The zero-order valence-corrected chi connectivity index (χ0v) is 14.6. The Hall–Kier alpha value is -2.20. The number of hydrogen-bond acceptors (Lipinski definition) is 3. The molecule has 132 valence electrons. The van der Waals surface area contributed by atoms with Crippen LogP contribution < -0.4 is 5.32 Å². The number of ether oxygens (including phenoxy) is 1. The quantitative estimate of drug-likeness (QED) is 0.808. The Kier molecular flexibility index (Phi) is 6.57. The third kappa shape index (κ3) is 5.98. The van der Waals surface area contributed by atoms with E-state index in [0.29, 0.717) is 25.6 Å². The van der Waals surface area contributed by atoms with Crippen LogP contribution in [0.4, 0.5) is 5.69 Å². The van der Waals surface area contributed by atoms with Crippen molar-refractivity contribution in [1.82, 2.24) is 4.98 Å². The maximum absolute atomic E-state index is 12.1. The number of hydrogen-bond donors (Lipinski definition) is 1. The van der Waals surface area contributed by atoms with Crippen LogP contribution in [-0.4, -0.2) is 17.0 Å². The lowest BCUT2D eigenvalue weighted by atomic mass is 9.98. The summed E-state index contributed by atoms with van der Waals surface area (Å²) in [6, 6.07) is 11.8. The summed E-state index contributed by atoms with van der Waals surface area (Å²) in [7, 11) is 0. The number of carbonyl (C=O) groups is 1. The van der Waals surface area contributed by atoms with Gasteiger partial charge < -0.3 is 10.1 Å². The topological polar surface area (TPSA) is 51.2 Å². The van der Waals surface area contributed by atoms with E-state index in [1.54, 1.807) is 12.4 Å². The Balaban J connectivity index is 1.46. The Labute approximate surface area is 149 Å². The minimum atomic E-state index is 0.0224. The Morgan fingerprint density at radius 3 is 2.76 bits per heavy atom. The zero-order chi connectivity index (χ0) is 17.3. The van der Waals surface area contributed by atoms with Crippen molar-refractivity contribution in [3.63, 3.8) is 0 Å². The van der Waals surface area contributed by atoms with Crippen molar-refractivity contribution in [2.24, 2.45) is 0 Å². The van der Waals surface area contributed by atoms with Crippen molar-refractivity contribution in [1.29, 1.82) is 0 Å². The molecule has 1 N–H and O–H groups in total. The molecule has 4 nitrogen and oxygen atoms in total. The van der Waals surface area contributed by atoms with Gasteiger partial charge in [-0.05, 0) is 48.6 Å². The van der Waals surface area contributed by atoms with E-state index >= 15 is 0 Å². The molecule has 1 fully saturated rings. The third-order valence-corrected chi connectivity index (χ3v) is 4.61. The van der Waals surface area contributed by atoms with Crippen LogP contribution in [0.5, 0.6) is 0 Å². The molecule has 0 saturated heterocycles. The van der Waals surface area contributed by atoms with Gasteiger partial charge in [-0.25, -0.2) is 0 Å². The SMILES string of the molecule is O=C(CCc1cccnc1)Nc1cccc(COC2CCCCC2)c1. The van der Waals surface area contributed by atoms with Crippen molar-refractivity contribution >= 4 is 11.6 Å². The number of amides is 1. The maximum Gasteiger partial charge on any atom is 0.224 e. The summed E-state index contributed by atoms with van der Waals surface area (Å²) in [6.45, 7) is 0.615. The van der Waals surface area contributed by atoms with Gasteiger partial charge in [-0.3, -0.25) is 9.78 Å². The largest absolute Gasteiger partial charge is 0.374 e. The zero-order valence-electron chi connectivity index (χ0n) is 14.6. The second-order valence-corrected chi connectivity index (χ2v) is 6.68. The predicted octanol–water partition coefficient (Wildman–Crippen LogP) is 4.50. The van der Waals surface area contributed by atoms with Crippen molar-refractivity contribution in [2.45, 2.75) is 57.7 Å². The van der Waals surface area contributed by atoms with Crippen LogP contribution in [0.3, 0.4) is 0 Å². The molecule has 1 aromatic heterocycles. The normalized spacial score (nSPS) is 15.0. The van der Waals surface area contributed by atoms with Crippen molar-refractivity contribution in [2.75, 3.05) is 5.32 Å². The summed E-state index contributed by atoms with van der Waals surface area (Å²) in [6.07, 6.45) is 11.3. The van der Waals surface area contributed by atoms with Crippen LogP contribution in [0.25, 0.3) is 0 Å². The summed E-state index contributed by atoms with van der Waals surface area (Å²) in [4.78, 5) is 16.2. The van der Waals surface area contributed by atoms with Gasteiger partial charge in [0, 0.05) is 24.5 Å². The summed E-state index contributed by atoms with van der Waals surface area (Å²) in [5, 5.41) is 2.98. The number of aromatic nitrogens is 1. The molecule has 0 aliphatic heterocycles. The Morgan fingerprint density at radius 1 is 1.12 bits per heavy atom. The number of carbonyl (C=O) groups excluding carboxylic acids is 1. The molecule has 1 amide bonds. The molecular weight excluding hydrogens is 312 g/mol. The lowest BCUT2D eigenvalue weighted by Gasteiger charge is -2.22. The molecule has 0 bridgehead atoms. The minimum Gasteiger partial charge on any atom is -0.374 e. The van der Waals surface area contributed by atoms with Crippen LogP contribution in [0.15, 0.2) is 48.8 Å². The second kappa shape index (κ2) is 9.33. The highest BCUT2D eigenvalue weighted by atomic mass is 16.5. The van der Waals surface area contributed by atoms with E-state index in [0.717, 1.165) is 16.8 Å². The number of rotatable bonds is 7. The van der Waals surface area contributed by atoms with Gasteiger partial charge in [-0.2, -0.15) is 0 Å². The number of anilines is 1. The average Bonchev–Trinajstić information content (AvgIpc) is 2.67. The lowest BCUT2D eigenvalue weighted by Crippen LogP contribution is -2.16. The minimum absolute atomic E-state index is 0.0224. The molecule has 2 aromatic rings. The smallest absolute Gasteiger partial charge is 0.224 e. The first-order chi connectivity index (χ1) is 12.3. The van der Waals surface area contributed by atoms with Gasteiger partial charge in [-0.1, -0.05) is 37.5 Å². The van der Waals surface area contributed by atoms with Crippen LogP contribution in [-0.2, 0) is 22.6 Å². The van der Waals surface area contributed by atoms with E-state index in [4.69, 9.17) is 4.74 Å². The Morgan fingerprint density at radius 2 is 1.96 bits per heavy atom. The molecule has 1 aliphatic carbocycles. The average molecular weight is 338 g/mol. The molecule has 3 rings (SSSR count). The van der Waals surface area contributed by atoms with E-state index in [1.165, 1.54) is 32.1 Å².